The Labute approximate surface area is 106 Å². The van der Waals surface area contributed by atoms with Crippen LogP contribution in [-0.2, 0) is 4.74 Å². The molecular formula is C13H18O5. The zero-order chi connectivity index (χ0) is 13.6. The Bertz CT molecular complexity index is 400. The molecule has 0 aromatic heterocycles. The number of hydrogen-bond donors (Lipinski definition) is 1. The number of carbonyl (C=O) groups excluding carboxylic acids is 1. The van der Waals surface area contributed by atoms with Gasteiger partial charge in [0.25, 0.3) is 0 Å². The minimum atomic E-state index is -0.818. The highest BCUT2D eigenvalue weighted by Gasteiger charge is 2.20. The summed E-state index contributed by atoms with van der Waals surface area (Å²) in [5.41, 5.74) is -0.486. The summed E-state index contributed by atoms with van der Waals surface area (Å²) in [5.74, 6) is 0.752. The Kier molecular flexibility index (Phi) is 4.97. The van der Waals surface area contributed by atoms with Gasteiger partial charge in [-0.3, -0.25) is 0 Å². The van der Waals surface area contributed by atoms with Crippen LogP contribution in [0.3, 0.4) is 0 Å². The number of hydrogen-bond acceptors (Lipinski definition) is 5. The van der Waals surface area contributed by atoms with E-state index in [1.807, 2.05) is 0 Å². The molecule has 5 nitrogen and oxygen atoms in total. The predicted molar refractivity (Wildman–Crippen MR) is 65.8 cm³/mol. The lowest BCUT2D eigenvalue weighted by Gasteiger charge is -2.20. The van der Waals surface area contributed by atoms with Gasteiger partial charge in [0.1, 0.15) is 6.61 Å². The second kappa shape index (κ2) is 6.26. The zero-order valence-corrected chi connectivity index (χ0v) is 10.8. The molecule has 0 aliphatic carbocycles. The molecule has 1 aromatic carbocycles. The van der Waals surface area contributed by atoms with Crippen LogP contribution in [0.1, 0.15) is 13.8 Å². The van der Waals surface area contributed by atoms with Gasteiger partial charge in [0.05, 0.1) is 13.7 Å². The summed E-state index contributed by atoms with van der Waals surface area (Å²) in [6.07, 6.45) is -0.818. The average molecular weight is 254 g/mol. The molecule has 0 fully saturated rings. The molecule has 5 heteroatoms. The van der Waals surface area contributed by atoms with Crippen molar-refractivity contribution in [2.45, 2.75) is 13.8 Å². The summed E-state index contributed by atoms with van der Waals surface area (Å²) < 4.78 is 15.0. The van der Waals surface area contributed by atoms with Crippen molar-refractivity contribution >= 4 is 6.16 Å². The molecule has 0 unspecified atom stereocenters. The Balaban J connectivity index is 2.55. The van der Waals surface area contributed by atoms with E-state index in [9.17, 15) is 4.79 Å². The van der Waals surface area contributed by atoms with Crippen LogP contribution in [-0.4, -0.2) is 31.6 Å². The van der Waals surface area contributed by atoms with Crippen LogP contribution in [0.25, 0.3) is 0 Å². The van der Waals surface area contributed by atoms with Crippen LogP contribution < -0.4 is 9.47 Å². The molecule has 0 aliphatic heterocycles. The highest BCUT2D eigenvalue weighted by atomic mass is 16.7. The van der Waals surface area contributed by atoms with Crippen molar-refractivity contribution in [2.75, 3.05) is 20.3 Å². The summed E-state index contributed by atoms with van der Waals surface area (Å²) in [6.45, 7) is 3.57. The van der Waals surface area contributed by atoms with Crippen LogP contribution in [0, 0.1) is 5.41 Å². The first-order chi connectivity index (χ1) is 8.48. The first-order valence-corrected chi connectivity index (χ1v) is 5.57. The third-order valence-electron chi connectivity index (χ3n) is 2.27. The molecule has 0 amide bonds. The standard InChI is InChI=1S/C13H18O5/c1-13(2,8-14)9-17-12(15)18-11-7-5-4-6-10(11)16-3/h4-7,14H,8-9H2,1-3H3. The van der Waals surface area contributed by atoms with E-state index in [-0.39, 0.29) is 13.2 Å². The molecule has 0 bridgehead atoms. The molecule has 0 heterocycles. The highest BCUT2D eigenvalue weighted by Crippen LogP contribution is 2.26. The van der Waals surface area contributed by atoms with E-state index in [1.54, 1.807) is 38.1 Å². The van der Waals surface area contributed by atoms with Gasteiger partial charge in [-0.05, 0) is 12.1 Å². The average Bonchev–Trinajstić information content (AvgIpc) is 2.37. The summed E-state index contributed by atoms with van der Waals surface area (Å²) in [7, 11) is 1.49. The quantitative estimate of drug-likeness (QED) is 0.644. The van der Waals surface area contributed by atoms with Crippen LogP contribution in [0.5, 0.6) is 11.5 Å². The third-order valence-corrected chi connectivity index (χ3v) is 2.27. The number of rotatable bonds is 5. The molecule has 0 atom stereocenters. The molecule has 0 saturated heterocycles. The summed E-state index contributed by atoms with van der Waals surface area (Å²) >= 11 is 0. The maximum Gasteiger partial charge on any atom is 0.513 e. The Morgan fingerprint density at radius 3 is 2.44 bits per heavy atom. The topological polar surface area (TPSA) is 65.0 Å². The molecule has 1 N–H and O–H groups in total. The van der Waals surface area contributed by atoms with Crippen molar-refractivity contribution in [2.24, 2.45) is 5.41 Å². The number of aliphatic hydroxyl groups excluding tert-OH is 1. The van der Waals surface area contributed by atoms with Gasteiger partial charge in [-0.25, -0.2) is 4.79 Å². The Morgan fingerprint density at radius 2 is 1.89 bits per heavy atom. The molecule has 0 saturated carbocycles. The van der Waals surface area contributed by atoms with E-state index in [1.165, 1.54) is 7.11 Å². The lowest BCUT2D eigenvalue weighted by molar-refractivity contribution is 0.0378. The van der Waals surface area contributed by atoms with Crippen molar-refractivity contribution < 1.29 is 24.1 Å². The van der Waals surface area contributed by atoms with Crippen LogP contribution in [0.2, 0.25) is 0 Å². The van der Waals surface area contributed by atoms with Gasteiger partial charge in [-0.15, -0.1) is 0 Å². The molecule has 18 heavy (non-hydrogen) atoms. The molecule has 0 spiro atoms. The van der Waals surface area contributed by atoms with Crippen LogP contribution >= 0.6 is 0 Å². The monoisotopic (exact) mass is 254 g/mol. The SMILES string of the molecule is COc1ccccc1OC(=O)OCC(C)(C)CO. The Morgan fingerprint density at radius 1 is 1.28 bits per heavy atom. The van der Waals surface area contributed by atoms with Crippen molar-refractivity contribution in [1.82, 2.24) is 0 Å². The molecule has 0 radical (unpaired) electrons. The normalized spacial score (nSPS) is 10.9. The first kappa shape index (κ1) is 14.3. The second-order valence-corrected chi connectivity index (χ2v) is 4.61. The van der Waals surface area contributed by atoms with E-state index in [0.29, 0.717) is 11.5 Å². The fourth-order valence-corrected chi connectivity index (χ4v) is 1.12. The zero-order valence-electron chi connectivity index (χ0n) is 10.8. The van der Waals surface area contributed by atoms with Crippen LogP contribution in [0.4, 0.5) is 4.79 Å². The second-order valence-electron chi connectivity index (χ2n) is 4.61. The summed E-state index contributed by atoms with van der Waals surface area (Å²) in [6, 6.07) is 6.78. The summed E-state index contributed by atoms with van der Waals surface area (Å²) in [4.78, 5) is 11.5. The van der Waals surface area contributed by atoms with Crippen molar-refractivity contribution in [3.05, 3.63) is 24.3 Å². The number of para-hydroxylation sites is 2. The first-order valence-electron chi connectivity index (χ1n) is 5.57. The van der Waals surface area contributed by atoms with Gasteiger partial charge in [0.15, 0.2) is 11.5 Å². The lowest BCUT2D eigenvalue weighted by Crippen LogP contribution is -2.26. The van der Waals surface area contributed by atoms with E-state index < -0.39 is 11.6 Å². The van der Waals surface area contributed by atoms with Crippen LogP contribution in [0.15, 0.2) is 24.3 Å². The maximum absolute atomic E-state index is 11.5. The van der Waals surface area contributed by atoms with E-state index >= 15 is 0 Å². The maximum atomic E-state index is 11.5. The Hall–Kier alpha value is -1.75. The van der Waals surface area contributed by atoms with Gasteiger partial charge in [0.2, 0.25) is 0 Å². The van der Waals surface area contributed by atoms with Gasteiger partial charge in [-0.2, -0.15) is 0 Å². The van der Waals surface area contributed by atoms with Crippen molar-refractivity contribution in [3.8, 4) is 11.5 Å². The number of methoxy groups -OCH3 is 1. The van der Waals surface area contributed by atoms with Gasteiger partial charge in [0, 0.05) is 5.41 Å². The number of ether oxygens (including phenoxy) is 3. The van der Waals surface area contributed by atoms with E-state index in [0.717, 1.165) is 0 Å². The number of aliphatic hydroxyl groups is 1. The largest absolute Gasteiger partial charge is 0.513 e. The molecule has 100 valence electrons. The molecule has 1 rings (SSSR count). The summed E-state index contributed by atoms with van der Waals surface area (Å²) in [5, 5.41) is 9.03. The number of carbonyl (C=O) groups is 1. The minimum Gasteiger partial charge on any atom is -0.493 e. The van der Waals surface area contributed by atoms with E-state index in [4.69, 9.17) is 19.3 Å². The van der Waals surface area contributed by atoms with Crippen molar-refractivity contribution in [3.63, 3.8) is 0 Å². The molecule has 0 aliphatic rings. The van der Waals surface area contributed by atoms with Crippen molar-refractivity contribution in [1.29, 1.82) is 0 Å². The number of benzene rings is 1. The minimum absolute atomic E-state index is 0.0745. The van der Waals surface area contributed by atoms with E-state index in [2.05, 4.69) is 0 Å². The van der Waals surface area contributed by atoms with Gasteiger partial charge >= 0.3 is 6.16 Å². The fourth-order valence-electron chi connectivity index (χ4n) is 1.12. The lowest BCUT2D eigenvalue weighted by atomic mass is 9.97. The predicted octanol–water partition coefficient (Wildman–Crippen LogP) is 2.23. The fraction of sp³-hybridized carbons (Fsp3) is 0.462. The molecular weight excluding hydrogens is 236 g/mol. The van der Waals surface area contributed by atoms with Gasteiger partial charge in [-0.1, -0.05) is 26.0 Å². The molecule has 1 aromatic rings. The van der Waals surface area contributed by atoms with Gasteiger partial charge < -0.3 is 19.3 Å². The third kappa shape index (κ3) is 4.25. The highest BCUT2D eigenvalue weighted by molar-refractivity contribution is 5.65. The smallest absolute Gasteiger partial charge is 0.493 e.